The Morgan fingerprint density at radius 2 is 2.06 bits per heavy atom. The lowest BCUT2D eigenvalue weighted by Gasteiger charge is -2.37. The largest absolute Gasteiger partial charge is 0.341 e. The van der Waals surface area contributed by atoms with Gasteiger partial charge in [0.1, 0.15) is 5.54 Å². The Morgan fingerprint density at radius 3 is 2.69 bits per heavy atom. The van der Waals surface area contributed by atoms with Crippen LogP contribution in [-0.2, 0) is 9.59 Å². The molecule has 4 nitrogen and oxygen atoms in total. The summed E-state index contributed by atoms with van der Waals surface area (Å²) in [7, 11) is 0. The Hall–Kier alpha value is -1.06. The quantitative estimate of drug-likeness (QED) is 0.771. The predicted octanol–water partition coefficient (Wildman–Crippen LogP) is 0.914. The fourth-order valence-electron chi connectivity index (χ4n) is 2.24. The first-order valence-electron chi connectivity index (χ1n) is 6.09. The molecule has 1 aliphatic carbocycles. The Morgan fingerprint density at radius 1 is 1.38 bits per heavy atom. The maximum Gasteiger partial charge on any atom is 0.248 e. The van der Waals surface area contributed by atoms with E-state index in [0.717, 1.165) is 18.9 Å². The molecule has 1 aliphatic heterocycles. The van der Waals surface area contributed by atoms with Gasteiger partial charge < -0.3 is 10.2 Å². The summed E-state index contributed by atoms with van der Waals surface area (Å²) >= 11 is 0. The van der Waals surface area contributed by atoms with Gasteiger partial charge in [-0.05, 0) is 32.6 Å². The topological polar surface area (TPSA) is 49.4 Å². The van der Waals surface area contributed by atoms with Crippen LogP contribution < -0.4 is 5.32 Å². The van der Waals surface area contributed by atoms with Crippen molar-refractivity contribution in [1.82, 2.24) is 10.2 Å². The minimum atomic E-state index is -0.727. The van der Waals surface area contributed by atoms with Crippen LogP contribution in [0.15, 0.2) is 0 Å². The highest BCUT2D eigenvalue weighted by molar-refractivity contribution is 5.97. The van der Waals surface area contributed by atoms with Crippen LogP contribution in [0.5, 0.6) is 0 Å². The third-order valence-electron chi connectivity index (χ3n) is 3.35. The van der Waals surface area contributed by atoms with Crippen LogP contribution in [0.25, 0.3) is 0 Å². The van der Waals surface area contributed by atoms with Crippen molar-refractivity contribution in [2.24, 2.45) is 5.92 Å². The average molecular weight is 224 g/mol. The van der Waals surface area contributed by atoms with Crippen molar-refractivity contribution in [2.45, 2.75) is 45.1 Å². The molecule has 2 fully saturated rings. The average Bonchev–Trinajstić information content (AvgIpc) is 2.96. The van der Waals surface area contributed by atoms with Crippen LogP contribution in [0.4, 0.5) is 0 Å². The molecule has 1 saturated carbocycles. The van der Waals surface area contributed by atoms with Gasteiger partial charge in [0.2, 0.25) is 11.8 Å². The van der Waals surface area contributed by atoms with Gasteiger partial charge in [-0.2, -0.15) is 0 Å². The zero-order valence-corrected chi connectivity index (χ0v) is 10.1. The van der Waals surface area contributed by atoms with Crippen LogP contribution in [0, 0.1) is 5.92 Å². The Labute approximate surface area is 96.4 Å². The number of hydrogen-bond acceptors (Lipinski definition) is 2. The number of piperazine rings is 1. The van der Waals surface area contributed by atoms with Crippen molar-refractivity contribution >= 4 is 11.8 Å². The lowest BCUT2D eigenvalue weighted by molar-refractivity contribution is -0.148. The van der Waals surface area contributed by atoms with Gasteiger partial charge in [0.15, 0.2) is 0 Å². The maximum absolute atomic E-state index is 12.0. The molecule has 2 aliphatic rings. The van der Waals surface area contributed by atoms with Crippen LogP contribution >= 0.6 is 0 Å². The zero-order chi connectivity index (χ0) is 11.8. The highest BCUT2D eigenvalue weighted by atomic mass is 16.2. The molecule has 4 heteroatoms. The van der Waals surface area contributed by atoms with E-state index in [9.17, 15) is 9.59 Å². The van der Waals surface area contributed by atoms with Crippen molar-refractivity contribution < 1.29 is 9.59 Å². The fraction of sp³-hybridized carbons (Fsp3) is 0.833. The van der Waals surface area contributed by atoms with E-state index in [4.69, 9.17) is 0 Å². The van der Waals surface area contributed by atoms with Gasteiger partial charge in [0.25, 0.3) is 0 Å². The van der Waals surface area contributed by atoms with E-state index in [1.165, 1.54) is 19.3 Å². The number of carbonyl (C=O) groups excluding carboxylic acids is 2. The lowest BCUT2D eigenvalue weighted by Crippen LogP contribution is -2.63. The van der Waals surface area contributed by atoms with Gasteiger partial charge in [0, 0.05) is 6.54 Å². The van der Waals surface area contributed by atoms with Gasteiger partial charge in [0.05, 0.1) is 6.54 Å². The van der Waals surface area contributed by atoms with Crippen LogP contribution in [0.2, 0.25) is 0 Å². The molecular formula is C12H20N2O2. The third-order valence-corrected chi connectivity index (χ3v) is 3.35. The molecule has 1 N–H and O–H groups in total. The highest BCUT2D eigenvalue weighted by Crippen LogP contribution is 2.33. The molecule has 0 spiro atoms. The molecule has 0 aromatic heterocycles. The van der Waals surface area contributed by atoms with Crippen LogP contribution in [-0.4, -0.2) is 35.3 Å². The number of carbonyl (C=O) groups is 2. The molecule has 0 aromatic rings. The molecule has 0 atom stereocenters. The number of amides is 2. The van der Waals surface area contributed by atoms with Crippen molar-refractivity contribution in [2.75, 3.05) is 13.1 Å². The van der Waals surface area contributed by atoms with Crippen molar-refractivity contribution in [3.63, 3.8) is 0 Å². The summed E-state index contributed by atoms with van der Waals surface area (Å²) in [5.41, 5.74) is -0.727. The summed E-state index contributed by atoms with van der Waals surface area (Å²) in [6.45, 7) is 4.49. The number of nitrogens with one attached hydrogen (secondary N) is 1. The van der Waals surface area contributed by atoms with Crippen LogP contribution in [0.3, 0.4) is 0 Å². The van der Waals surface area contributed by atoms with Gasteiger partial charge in [-0.25, -0.2) is 0 Å². The lowest BCUT2D eigenvalue weighted by atomic mass is 10.00. The predicted molar refractivity (Wildman–Crippen MR) is 60.8 cm³/mol. The molecule has 0 bridgehead atoms. The van der Waals surface area contributed by atoms with Gasteiger partial charge in [-0.15, -0.1) is 0 Å². The van der Waals surface area contributed by atoms with E-state index < -0.39 is 5.54 Å². The number of nitrogens with zero attached hydrogens (tertiary/aromatic N) is 1. The van der Waals surface area contributed by atoms with E-state index in [0.29, 0.717) is 0 Å². The first-order chi connectivity index (χ1) is 7.49. The van der Waals surface area contributed by atoms with Crippen molar-refractivity contribution in [3.05, 3.63) is 0 Å². The third kappa shape index (κ3) is 2.54. The summed E-state index contributed by atoms with van der Waals surface area (Å²) in [6.07, 6.45) is 4.92. The van der Waals surface area contributed by atoms with Gasteiger partial charge >= 0.3 is 0 Å². The molecule has 0 unspecified atom stereocenters. The first-order valence-corrected chi connectivity index (χ1v) is 6.09. The Kier molecular flexibility index (Phi) is 2.91. The van der Waals surface area contributed by atoms with Crippen molar-refractivity contribution in [1.29, 1.82) is 0 Å². The van der Waals surface area contributed by atoms with E-state index in [1.807, 2.05) is 0 Å². The van der Waals surface area contributed by atoms with Crippen molar-refractivity contribution in [3.8, 4) is 0 Å². The normalized spacial score (nSPS) is 24.5. The Bertz CT molecular complexity index is 308. The zero-order valence-electron chi connectivity index (χ0n) is 10.1. The Balaban J connectivity index is 1.86. The van der Waals surface area contributed by atoms with Gasteiger partial charge in [-0.1, -0.05) is 12.8 Å². The number of hydrogen-bond donors (Lipinski definition) is 1. The molecule has 2 rings (SSSR count). The SMILES string of the molecule is CC1(C)NC(=O)CN(CCCC2CC2)C1=O. The monoisotopic (exact) mass is 224 g/mol. The fourth-order valence-corrected chi connectivity index (χ4v) is 2.24. The molecule has 0 radical (unpaired) electrons. The van der Waals surface area contributed by atoms with Crippen LogP contribution in [0.1, 0.15) is 39.5 Å². The van der Waals surface area contributed by atoms with E-state index in [1.54, 1.807) is 18.7 Å². The second-order valence-electron chi connectivity index (χ2n) is 5.49. The smallest absolute Gasteiger partial charge is 0.248 e. The number of rotatable bonds is 4. The maximum atomic E-state index is 12.0. The first kappa shape index (κ1) is 11.4. The summed E-state index contributed by atoms with van der Waals surface area (Å²) in [5.74, 6) is 0.889. The molecular weight excluding hydrogens is 204 g/mol. The second kappa shape index (κ2) is 4.07. The summed E-state index contributed by atoms with van der Waals surface area (Å²) in [4.78, 5) is 25.1. The summed E-state index contributed by atoms with van der Waals surface area (Å²) in [5, 5.41) is 2.72. The second-order valence-corrected chi connectivity index (χ2v) is 5.49. The highest BCUT2D eigenvalue weighted by Gasteiger charge is 2.38. The molecule has 1 saturated heterocycles. The molecule has 90 valence electrons. The van der Waals surface area contributed by atoms with E-state index in [-0.39, 0.29) is 18.4 Å². The minimum absolute atomic E-state index is 0.0443. The summed E-state index contributed by atoms with van der Waals surface area (Å²) < 4.78 is 0. The standard InChI is InChI=1S/C12H20N2O2/c1-12(2)11(16)14(8-10(15)13-12)7-3-4-9-5-6-9/h9H,3-8H2,1-2H3,(H,13,15). The van der Waals surface area contributed by atoms with E-state index in [2.05, 4.69) is 5.32 Å². The van der Waals surface area contributed by atoms with Gasteiger partial charge in [-0.3, -0.25) is 9.59 Å². The summed E-state index contributed by atoms with van der Waals surface area (Å²) in [6, 6.07) is 0. The molecule has 0 aromatic carbocycles. The van der Waals surface area contributed by atoms with E-state index >= 15 is 0 Å². The minimum Gasteiger partial charge on any atom is -0.341 e. The molecule has 1 heterocycles. The molecule has 16 heavy (non-hydrogen) atoms. The molecule has 2 amide bonds.